The Balaban J connectivity index is 1.33. The molecule has 0 spiro atoms. The van der Waals surface area contributed by atoms with E-state index in [1.54, 1.807) is 6.20 Å². The molecule has 0 aliphatic heterocycles. The third-order valence-electron chi connectivity index (χ3n) is 5.93. The highest BCUT2D eigenvalue weighted by molar-refractivity contribution is 7.99. The van der Waals surface area contributed by atoms with Gasteiger partial charge in [0.2, 0.25) is 5.91 Å². The highest BCUT2D eigenvalue weighted by Crippen LogP contribution is 2.31. The summed E-state index contributed by atoms with van der Waals surface area (Å²) in [6.45, 7) is 0. The van der Waals surface area contributed by atoms with Crippen molar-refractivity contribution in [3.8, 4) is 5.69 Å². The standard InChI is InChI=1S/C25H25ClN6OS/c26-19-10-12-20(13-11-19)31-23(16-18-6-2-1-3-7-18)29-30-25(31)34-17-24(33)28-22-14-15-27-32(22)21-8-4-5-9-21/h1-3,6-7,10-15,21H,4-5,8-9,16-17H2,(H,28,33). The van der Waals surface area contributed by atoms with Crippen molar-refractivity contribution in [3.05, 3.63) is 83.3 Å². The van der Waals surface area contributed by atoms with E-state index < -0.39 is 0 Å². The summed E-state index contributed by atoms with van der Waals surface area (Å²) in [5, 5.41) is 17.6. The van der Waals surface area contributed by atoms with Gasteiger partial charge < -0.3 is 5.32 Å². The lowest BCUT2D eigenvalue weighted by molar-refractivity contribution is -0.113. The molecule has 7 nitrogen and oxygen atoms in total. The van der Waals surface area contributed by atoms with Gasteiger partial charge in [-0.1, -0.05) is 66.5 Å². The van der Waals surface area contributed by atoms with Crippen molar-refractivity contribution in [2.45, 2.75) is 43.3 Å². The average molecular weight is 493 g/mol. The average Bonchev–Trinajstić information content (AvgIpc) is 3.60. The second-order valence-corrected chi connectivity index (χ2v) is 9.69. The van der Waals surface area contributed by atoms with Gasteiger partial charge in [0, 0.05) is 23.2 Å². The molecule has 2 aromatic carbocycles. The lowest BCUT2D eigenvalue weighted by Gasteiger charge is -2.14. The Bertz CT molecular complexity index is 1250. The Morgan fingerprint density at radius 1 is 1.03 bits per heavy atom. The number of aromatic nitrogens is 5. The SMILES string of the molecule is O=C(CSc1nnc(Cc2ccccc2)n1-c1ccc(Cl)cc1)Nc1ccnn1C1CCCC1. The molecule has 2 heterocycles. The molecule has 1 aliphatic rings. The van der Waals surface area contributed by atoms with Gasteiger partial charge in [-0.05, 0) is 42.7 Å². The van der Waals surface area contributed by atoms with Crippen molar-refractivity contribution >= 4 is 35.1 Å². The van der Waals surface area contributed by atoms with Crippen LogP contribution in [0, 0.1) is 0 Å². The van der Waals surface area contributed by atoms with Gasteiger partial charge in [0.1, 0.15) is 11.6 Å². The highest BCUT2D eigenvalue weighted by atomic mass is 35.5. The Hall–Kier alpha value is -3.10. The van der Waals surface area contributed by atoms with Gasteiger partial charge >= 0.3 is 0 Å². The molecule has 5 rings (SSSR count). The Morgan fingerprint density at radius 2 is 1.79 bits per heavy atom. The Kier molecular flexibility index (Phi) is 6.97. The maximum Gasteiger partial charge on any atom is 0.235 e. The summed E-state index contributed by atoms with van der Waals surface area (Å²) < 4.78 is 3.94. The normalized spacial score (nSPS) is 13.9. The van der Waals surface area contributed by atoms with E-state index in [9.17, 15) is 4.79 Å². The molecule has 0 radical (unpaired) electrons. The number of carbonyl (C=O) groups is 1. The molecule has 1 saturated carbocycles. The minimum atomic E-state index is -0.0972. The fourth-order valence-electron chi connectivity index (χ4n) is 4.30. The number of anilines is 1. The van der Waals surface area contributed by atoms with Crippen molar-refractivity contribution < 1.29 is 4.79 Å². The van der Waals surface area contributed by atoms with E-state index in [1.807, 2.05) is 57.8 Å². The van der Waals surface area contributed by atoms with Crippen molar-refractivity contribution in [3.63, 3.8) is 0 Å². The van der Waals surface area contributed by atoms with Crippen LogP contribution in [0.2, 0.25) is 5.02 Å². The van der Waals surface area contributed by atoms with Gasteiger partial charge in [-0.2, -0.15) is 5.10 Å². The van der Waals surface area contributed by atoms with E-state index in [0.717, 1.165) is 35.7 Å². The summed E-state index contributed by atoms with van der Waals surface area (Å²) in [6.07, 6.45) is 7.00. The number of rotatable bonds is 8. The van der Waals surface area contributed by atoms with Crippen molar-refractivity contribution in [1.82, 2.24) is 24.5 Å². The van der Waals surface area contributed by atoms with Crippen LogP contribution in [-0.4, -0.2) is 36.2 Å². The van der Waals surface area contributed by atoms with Crippen LogP contribution in [-0.2, 0) is 11.2 Å². The number of benzene rings is 2. The summed E-state index contributed by atoms with van der Waals surface area (Å²) in [7, 11) is 0. The van der Waals surface area contributed by atoms with Gasteiger partial charge in [-0.3, -0.25) is 9.36 Å². The Morgan fingerprint density at radius 3 is 2.56 bits per heavy atom. The van der Waals surface area contributed by atoms with Crippen LogP contribution < -0.4 is 5.32 Å². The van der Waals surface area contributed by atoms with Crippen LogP contribution in [0.25, 0.3) is 5.69 Å². The van der Waals surface area contributed by atoms with E-state index in [4.69, 9.17) is 11.6 Å². The monoisotopic (exact) mass is 492 g/mol. The number of hydrogen-bond acceptors (Lipinski definition) is 5. The van der Waals surface area contributed by atoms with E-state index >= 15 is 0 Å². The first kappa shape index (κ1) is 22.7. The van der Waals surface area contributed by atoms with Gasteiger partial charge in [-0.15, -0.1) is 10.2 Å². The number of amides is 1. The molecule has 2 aromatic heterocycles. The number of hydrogen-bond donors (Lipinski definition) is 1. The molecule has 1 aliphatic carbocycles. The molecular formula is C25H25ClN6OS. The number of carbonyl (C=O) groups excluding carboxylic acids is 1. The number of halogens is 1. The molecule has 1 fully saturated rings. The molecule has 0 saturated heterocycles. The van der Waals surface area contributed by atoms with E-state index in [2.05, 4.69) is 32.7 Å². The molecule has 1 N–H and O–H groups in total. The second-order valence-electron chi connectivity index (χ2n) is 8.31. The van der Waals surface area contributed by atoms with Crippen LogP contribution in [0.15, 0.2) is 72.0 Å². The fraction of sp³-hybridized carbons (Fsp3) is 0.280. The number of nitrogens with zero attached hydrogens (tertiary/aromatic N) is 5. The quantitative estimate of drug-likeness (QED) is 0.326. The molecule has 0 bridgehead atoms. The predicted octanol–water partition coefficient (Wildman–Crippen LogP) is 5.55. The van der Waals surface area contributed by atoms with Crippen LogP contribution >= 0.6 is 23.4 Å². The van der Waals surface area contributed by atoms with Gasteiger partial charge in [0.15, 0.2) is 5.16 Å². The van der Waals surface area contributed by atoms with E-state index in [1.165, 1.54) is 24.6 Å². The summed E-state index contributed by atoms with van der Waals surface area (Å²) in [5.41, 5.74) is 2.04. The van der Waals surface area contributed by atoms with E-state index in [0.29, 0.717) is 22.6 Å². The zero-order valence-corrected chi connectivity index (χ0v) is 20.2. The summed E-state index contributed by atoms with van der Waals surface area (Å²) in [4.78, 5) is 12.8. The minimum Gasteiger partial charge on any atom is -0.310 e. The smallest absolute Gasteiger partial charge is 0.235 e. The predicted molar refractivity (Wildman–Crippen MR) is 135 cm³/mol. The lowest BCUT2D eigenvalue weighted by atomic mass is 10.1. The molecule has 0 atom stereocenters. The third kappa shape index (κ3) is 5.18. The van der Waals surface area contributed by atoms with Gasteiger partial charge in [0.25, 0.3) is 0 Å². The summed E-state index contributed by atoms with van der Waals surface area (Å²) in [5.74, 6) is 1.67. The molecule has 1 amide bonds. The zero-order valence-electron chi connectivity index (χ0n) is 18.6. The first-order valence-corrected chi connectivity index (χ1v) is 12.7. The zero-order chi connectivity index (χ0) is 23.3. The summed E-state index contributed by atoms with van der Waals surface area (Å²) >= 11 is 7.47. The second kappa shape index (κ2) is 10.4. The third-order valence-corrected chi connectivity index (χ3v) is 7.11. The van der Waals surface area contributed by atoms with Crippen LogP contribution in [0.5, 0.6) is 0 Å². The van der Waals surface area contributed by atoms with Gasteiger partial charge in [-0.25, -0.2) is 4.68 Å². The van der Waals surface area contributed by atoms with Gasteiger partial charge in [0.05, 0.1) is 18.0 Å². The van der Waals surface area contributed by atoms with Crippen LogP contribution in [0.3, 0.4) is 0 Å². The number of nitrogens with one attached hydrogen (secondary N) is 1. The molecule has 174 valence electrons. The lowest BCUT2D eigenvalue weighted by Crippen LogP contribution is -2.19. The number of thioether (sulfide) groups is 1. The minimum absolute atomic E-state index is 0.0972. The van der Waals surface area contributed by atoms with Crippen LogP contribution in [0.1, 0.15) is 43.1 Å². The molecule has 0 unspecified atom stereocenters. The maximum absolute atomic E-state index is 12.8. The van der Waals surface area contributed by atoms with Crippen molar-refractivity contribution in [1.29, 1.82) is 0 Å². The van der Waals surface area contributed by atoms with Crippen molar-refractivity contribution in [2.75, 3.05) is 11.1 Å². The molecule has 4 aromatic rings. The molecule has 34 heavy (non-hydrogen) atoms. The highest BCUT2D eigenvalue weighted by Gasteiger charge is 2.21. The van der Waals surface area contributed by atoms with E-state index in [-0.39, 0.29) is 11.7 Å². The molecule has 9 heteroatoms. The Labute approximate surface area is 207 Å². The summed E-state index contributed by atoms with van der Waals surface area (Å²) in [6, 6.07) is 19.9. The first-order valence-electron chi connectivity index (χ1n) is 11.4. The molecular weight excluding hydrogens is 468 g/mol. The largest absolute Gasteiger partial charge is 0.310 e. The topological polar surface area (TPSA) is 77.6 Å². The first-order chi connectivity index (χ1) is 16.7. The fourth-order valence-corrected chi connectivity index (χ4v) is 5.20. The maximum atomic E-state index is 12.8. The van der Waals surface area contributed by atoms with Crippen molar-refractivity contribution in [2.24, 2.45) is 0 Å². The van der Waals surface area contributed by atoms with Crippen LogP contribution in [0.4, 0.5) is 5.82 Å².